The van der Waals surface area contributed by atoms with Gasteiger partial charge in [0.2, 0.25) is 3.79 Å². The summed E-state index contributed by atoms with van der Waals surface area (Å²) in [5.41, 5.74) is 1.49. The molecule has 0 bridgehead atoms. The average Bonchev–Trinajstić information content (AvgIpc) is 2.59. The minimum atomic E-state index is -4.71. The Morgan fingerprint density at radius 3 is 1.93 bits per heavy atom. The molecule has 9 heteroatoms. The van der Waals surface area contributed by atoms with Crippen molar-refractivity contribution in [3.8, 4) is 11.5 Å². The number of hydrogen-bond acceptors (Lipinski definition) is 3. The van der Waals surface area contributed by atoms with Crippen molar-refractivity contribution in [1.82, 2.24) is 5.32 Å². The highest BCUT2D eigenvalue weighted by Crippen LogP contribution is 2.40. The molecule has 0 amide bonds. The molecule has 0 saturated carbocycles. The van der Waals surface area contributed by atoms with Crippen LogP contribution in [-0.4, -0.2) is 16.7 Å². The molecule has 0 aliphatic rings. The molecule has 0 aromatic heterocycles. The summed E-state index contributed by atoms with van der Waals surface area (Å²) in [6.07, 6.45) is -4.71. The maximum Gasteiger partial charge on any atom is 0.573 e. The molecule has 0 aliphatic heterocycles. The monoisotopic (exact) mass is 469 g/mol. The Balaban J connectivity index is 1.97. The van der Waals surface area contributed by atoms with Gasteiger partial charge in [-0.15, -0.1) is 13.2 Å². The molecule has 0 heterocycles. The highest BCUT2D eigenvalue weighted by atomic mass is 35.6. The van der Waals surface area contributed by atoms with Gasteiger partial charge in [0.1, 0.15) is 18.1 Å². The number of halogens is 6. The fraction of sp³-hybridized carbons (Fsp3) is 0.400. The van der Waals surface area contributed by atoms with Gasteiger partial charge < -0.3 is 14.8 Å². The van der Waals surface area contributed by atoms with Gasteiger partial charge in [0.05, 0.1) is 6.04 Å². The molecule has 0 saturated heterocycles. The Labute approximate surface area is 183 Å². The van der Waals surface area contributed by atoms with E-state index in [1.807, 2.05) is 0 Å². The van der Waals surface area contributed by atoms with Crippen molar-refractivity contribution in [1.29, 1.82) is 0 Å². The van der Waals surface area contributed by atoms with Gasteiger partial charge in [-0.05, 0) is 47.9 Å². The van der Waals surface area contributed by atoms with Crippen molar-refractivity contribution in [2.24, 2.45) is 5.92 Å². The van der Waals surface area contributed by atoms with Crippen LogP contribution in [0.1, 0.15) is 31.0 Å². The number of ether oxygens (including phenoxy) is 2. The van der Waals surface area contributed by atoms with Crippen LogP contribution >= 0.6 is 34.8 Å². The predicted molar refractivity (Wildman–Crippen MR) is 110 cm³/mol. The fourth-order valence-corrected chi connectivity index (χ4v) is 3.10. The van der Waals surface area contributed by atoms with Crippen LogP contribution in [0, 0.1) is 5.92 Å². The van der Waals surface area contributed by atoms with Gasteiger partial charge in [0.25, 0.3) is 0 Å². The second-order valence-electron chi connectivity index (χ2n) is 6.83. The van der Waals surface area contributed by atoms with E-state index in [2.05, 4.69) is 23.9 Å². The van der Waals surface area contributed by atoms with Gasteiger partial charge >= 0.3 is 6.36 Å². The molecule has 2 aromatic rings. The van der Waals surface area contributed by atoms with E-state index < -0.39 is 16.2 Å². The molecule has 2 aromatic carbocycles. The molecule has 2 rings (SSSR count). The number of nitrogens with one attached hydrogen (secondary N) is 1. The molecule has 0 spiro atoms. The first kappa shape index (κ1) is 23.9. The lowest BCUT2D eigenvalue weighted by Gasteiger charge is -2.27. The zero-order chi connectivity index (χ0) is 21.7. The summed E-state index contributed by atoms with van der Waals surface area (Å²) >= 11 is 18.3. The molecule has 1 atom stereocenters. The van der Waals surface area contributed by atoms with Crippen LogP contribution in [-0.2, 0) is 6.61 Å². The second-order valence-corrected chi connectivity index (χ2v) is 9.20. The van der Waals surface area contributed by atoms with Crippen LogP contribution in [0.15, 0.2) is 48.5 Å². The lowest BCUT2D eigenvalue weighted by molar-refractivity contribution is -0.274. The first-order chi connectivity index (χ1) is 13.4. The average molecular weight is 471 g/mol. The van der Waals surface area contributed by atoms with Crippen molar-refractivity contribution in [2.75, 3.05) is 6.54 Å². The quantitative estimate of drug-likeness (QED) is 0.429. The molecule has 160 valence electrons. The maximum absolute atomic E-state index is 12.2. The standard InChI is InChI=1S/C20H21Cl3F3NO2/c1-13(2)11-27-18(19(21,22)23)15-5-9-16(10-6-15)28-12-14-3-7-17(8-4-14)29-20(24,25)26/h3-10,13,18,27H,11-12H2,1-2H3. The lowest BCUT2D eigenvalue weighted by atomic mass is 10.1. The molecule has 1 unspecified atom stereocenters. The third kappa shape index (κ3) is 8.51. The third-order valence-corrected chi connectivity index (χ3v) is 4.49. The van der Waals surface area contributed by atoms with E-state index in [4.69, 9.17) is 39.5 Å². The Morgan fingerprint density at radius 2 is 1.45 bits per heavy atom. The van der Waals surface area contributed by atoms with Crippen LogP contribution in [0.5, 0.6) is 11.5 Å². The van der Waals surface area contributed by atoms with Gasteiger partial charge in [-0.1, -0.05) is 72.9 Å². The molecule has 0 aliphatic carbocycles. The van der Waals surface area contributed by atoms with Crippen LogP contribution in [0.3, 0.4) is 0 Å². The van der Waals surface area contributed by atoms with E-state index in [0.29, 0.717) is 23.8 Å². The summed E-state index contributed by atoms with van der Waals surface area (Å²) < 4.78 is 44.5. The summed E-state index contributed by atoms with van der Waals surface area (Å²) in [6.45, 7) is 4.98. The highest BCUT2D eigenvalue weighted by molar-refractivity contribution is 6.68. The van der Waals surface area contributed by atoms with E-state index in [1.165, 1.54) is 24.3 Å². The molecule has 29 heavy (non-hydrogen) atoms. The SMILES string of the molecule is CC(C)CNC(c1ccc(OCc2ccc(OC(F)(F)F)cc2)cc1)C(Cl)(Cl)Cl. The molecule has 3 nitrogen and oxygen atoms in total. The Morgan fingerprint density at radius 1 is 0.897 bits per heavy atom. The predicted octanol–water partition coefficient (Wildman–Crippen LogP) is 6.82. The van der Waals surface area contributed by atoms with E-state index in [9.17, 15) is 13.2 Å². The Bertz CT molecular complexity index is 761. The number of benzene rings is 2. The van der Waals surface area contributed by atoms with Crippen molar-refractivity contribution >= 4 is 34.8 Å². The minimum Gasteiger partial charge on any atom is -0.489 e. The number of alkyl halides is 6. The lowest BCUT2D eigenvalue weighted by Crippen LogP contribution is -2.34. The Kier molecular flexibility index (Phi) is 8.35. The molecular weight excluding hydrogens is 450 g/mol. The molecule has 0 fully saturated rings. The summed E-state index contributed by atoms with van der Waals surface area (Å²) in [4.78, 5) is 0. The van der Waals surface area contributed by atoms with Crippen molar-refractivity contribution in [3.05, 3.63) is 59.7 Å². The normalized spacial score (nSPS) is 13.4. The summed E-state index contributed by atoms with van der Waals surface area (Å²) in [5.74, 6) is 0.689. The van der Waals surface area contributed by atoms with E-state index in [-0.39, 0.29) is 12.4 Å². The molecule has 0 radical (unpaired) electrons. The third-order valence-electron chi connectivity index (χ3n) is 3.83. The van der Waals surface area contributed by atoms with Crippen LogP contribution in [0.4, 0.5) is 13.2 Å². The Hall–Kier alpha value is -1.34. The second kappa shape index (κ2) is 10.1. The molecular formula is C20H21Cl3F3NO2. The molecule has 1 N–H and O–H groups in total. The van der Waals surface area contributed by atoms with Crippen molar-refractivity contribution in [3.63, 3.8) is 0 Å². The summed E-state index contributed by atoms with van der Waals surface area (Å²) in [5, 5.41) is 3.25. The van der Waals surface area contributed by atoms with Gasteiger partial charge in [-0.25, -0.2) is 0 Å². The van der Waals surface area contributed by atoms with Crippen molar-refractivity contribution in [2.45, 2.75) is 36.7 Å². The van der Waals surface area contributed by atoms with Gasteiger partial charge in [-0.2, -0.15) is 0 Å². The largest absolute Gasteiger partial charge is 0.573 e. The van der Waals surface area contributed by atoms with Crippen LogP contribution in [0.2, 0.25) is 0 Å². The van der Waals surface area contributed by atoms with E-state index >= 15 is 0 Å². The first-order valence-corrected chi connectivity index (χ1v) is 9.95. The smallest absolute Gasteiger partial charge is 0.489 e. The fourth-order valence-electron chi connectivity index (χ4n) is 2.49. The van der Waals surface area contributed by atoms with Gasteiger partial charge in [0.15, 0.2) is 0 Å². The van der Waals surface area contributed by atoms with Crippen molar-refractivity contribution < 1.29 is 22.6 Å². The summed E-state index contributed by atoms with van der Waals surface area (Å²) in [7, 11) is 0. The topological polar surface area (TPSA) is 30.5 Å². The minimum absolute atomic E-state index is 0.186. The number of hydrogen-bond donors (Lipinski definition) is 1. The van der Waals surface area contributed by atoms with Gasteiger partial charge in [-0.3, -0.25) is 0 Å². The zero-order valence-electron chi connectivity index (χ0n) is 15.8. The summed E-state index contributed by atoms with van der Waals surface area (Å²) in [6, 6.07) is 12.1. The van der Waals surface area contributed by atoms with E-state index in [1.54, 1.807) is 24.3 Å². The van der Waals surface area contributed by atoms with Crippen LogP contribution in [0.25, 0.3) is 0 Å². The van der Waals surface area contributed by atoms with E-state index in [0.717, 1.165) is 5.56 Å². The highest BCUT2D eigenvalue weighted by Gasteiger charge is 2.33. The first-order valence-electron chi connectivity index (χ1n) is 8.81. The maximum atomic E-state index is 12.2. The van der Waals surface area contributed by atoms with Crippen LogP contribution < -0.4 is 14.8 Å². The van der Waals surface area contributed by atoms with Gasteiger partial charge in [0, 0.05) is 0 Å². The zero-order valence-corrected chi connectivity index (χ0v) is 18.0. The number of rotatable bonds is 8.